The fourth-order valence-electron chi connectivity index (χ4n) is 3.31. The van der Waals surface area contributed by atoms with Crippen molar-refractivity contribution < 1.29 is 24.5 Å². The Balaban J connectivity index is 1.57. The highest BCUT2D eigenvalue weighted by Crippen LogP contribution is 2.46. The van der Waals surface area contributed by atoms with Crippen LogP contribution in [0.25, 0.3) is 21.2 Å². The fraction of sp³-hybridized carbons (Fsp3) is 0.0833. The number of ether oxygens (including phenoxy) is 1. The molecular weight excluding hydrogens is 494 g/mol. The molecule has 1 aromatic heterocycles. The van der Waals surface area contributed by atoms with Crippen molar-refractivity contribution in [1.29, 1.82) is 0 Å². The highest BCUT2D eigenvalue weighted by atomic mass is 79.9. The first-order valence-electron chi connectivity index (χ1n) is 9.64. The number of carbonyl (C=O) groups is 2. The van der Waals surface area contributed by atoms with Crippen molar-refractivity contribution in [3.63, 3.8) is 0 Å². The molecular formula is C24H18BrNO5S. The molecule has 0 atom stereocenters. The molecule has 0 aliphatic carbocycles. The zero-order chi connectivity index (χ0) is 22.7. The maximum atomic E-state index is 11.6. The fourth-order valence-corrected chi connectivity index (χ4v) is 5.20. The molecule has 6 nitrogen and oxygen atoms in total. The number of nitrogens with one attached hydrogen (secondary N) is 1. The van der Waals surface area contributed by atoms with Gasteiger partial charge in [0.05, 0.1) is 9.35 Å². The molecule has 1 heterocycles. The van der Waals surface area contributed by atoms with E-state index in [9.17, 15) is 14.7 Å². The number of carboxylic acids is 2. The van der Waals surface area contributed by atoms with Crippen molar-refractivity contribution in [2.45, 2.75) is 6.54 Å². The average molecular weight is 512 g/mol. The molecule has 0 spiro atoms. The number of rotatable bonds is 8. The number of anilines is 1. The summed E-state index contributed by atoms with van der Waals surface area (Å²) in [4.78, 5) is 23.1. The largest absolute Gasteiger partial charge is 0.479 e. The van der Waals surface area contributed by atoms with Gasteiger partial charge in [0.25, 0.3) is 0 Å². The first kappa shape index (κ1) is 21.9. The van der Waals surface area contributed by atoms with Gasteiger partial charge in [-0.15, -0.1) is 11.3 Å². The molecule has 0 amide bonds. The summed E-state index contributed by atoms with van der Waals surface area (Å²) in [7, 11) is 0. The van der Waals surface area contributed by atoms with Crippen molar-refractivity contribution in [1.82, 2.24) is 0 Å². The summed E-state index contributed by atoms with van der Waals surface area (Å²) in [6.45, 7) is 0.00958. The minimum atomic E-state index is -1.18. The summed E-state index contributed by atoms with van der Waals surface area (Å²) in [6.07, 6.45) is 0. The van der Waals surface area contributed by atoms with Gasteiger partial charge in [-0.3, -0.25) is 0 Å². The predicted molar refractivity (Wildman–Crippen MR) is 129 cm³/mol. The van der Waals surface area contributed by atoms with Gasteiger partial charge in [0.1, 0.15) is 0 Å². The number of hydrogen-bond donors (Lipinski definition) is 3. The molecule has 32 heavy (non-hydrogen) atoms. The van der Waals surface area contributed by atoms with Gasteiger partial charge in [0.15, 0.2) is 17.2 Å². The van der Waals surface area contributed by atoms with E-state index < -0.39 is 18.5 Å². The van der Waals surface area contributed by atoms with Crippen molar-refractivity contribution >= 4 is 55.7 Å². The lowest BCUT2D eigenvalue weighted by atomic mass is 10.1. The summed E-state index contributed by atoms with van der Waals surface area (Å²) < 4.78 is 5.65. The molecule has 3 N–H and O–H groups in total. The Bertz CT molecular complexity index is 1320. The highest BCUT2D eigenvalue weighted by molar-refractivity contribution is 9.10. The quantitative estimate of drug-likeness (QED) is 0.264. The van der Waals surface area contributed by atoms with Crippen molar-refractivity contribution in [3.05, 3.63) is 81.6 Å². The van der Waals surface area contributed by atoms with Crippen LogP contribution in [-0.2, 0) is 11.3 Å². The van der Waals surface area contributed by atoms with Crippen LogP contribution in [0.5, 0.6) is 5.75 Å². The van der Waals surface area contributed by atoms with Crippen molar-refractivity contribution in [3.8, 4) is 16.2 Å². The minimum absolute atomic E-state index is 0.0226. The molecule has 0 bridgehead atoms. The Morgan fingerprint density at radius 1 is 0.969 bits per heavy atom. The van der Waals surface area contributed by atoms with Crippen molar-refractivity contribution in [2.24, 2.45) is 0 Å². The third-order valence-corrected chi connectivity index (χ3v) is 7.01. The summed E-state index contributed by atoms with van der Waals surface area (Å²) in [5.41, 5.74) is 2.81. The second-order valence-electron chi connectivity index (χ2n) is 7.01. The molecule has 3 aromatic carbocycles. The van der Waals surface area contributed by atoms with Gasteiger partial charge in [-0.1, -0.05) is 48.5 Å². The van der Waals surface area contributed by atoms with Crippen LogP contribution in [0.2, 0.25) is 0 Å². The first-order chi connectivity index (χ1) is 15.4. The molecule has 4 rings (SSSR count). The normalized spacial score (nSPS) is 10.8. The molecule has 0 saturated carbocycles. The van der Waals surface area contributed by atoms with Gasteiger partial charge in [0.2, 0.25) is 0 Å². The topological polar surface area (TPSA) is 95.9 Å². The lowest BCUT2D eigenvalue weighted by molar-refractivity contribution is -0.139. The van der Waals surface area contributed by atoms with Gasteiger partial charge in [-0.25, -0.2) is 9.59 Å². The molecule has 0 aliphatic rings. The Morgan fingerprint density at radius 3 is 2.50 bits per heavy atom. The van der Waals surface area contributed by atoms with Gasteiger partial charge >= 0.3 is 11.9 Å². The summed E-state index contributed by atoms with van der Waals surface area (Å²) >= 11 is 4.42. The van der Waals surface area contributed by atoms with E-state index in [4.69, 9.17) is 9.84 Å². The standard InChI is InChI=1S/C24H18BrNO5S/c25-20-21(31-13-19(27)28)23(24(29)30)32-22(20)17-6-3-7-18(11-17)26-12-14-8-9-15-4-1-2-5-16(15)10-14/h1-11,26H,12-13H2,(H,27,28)(H,29,30). The van der Waals surface area contributed by atoms with Crippen LogP contribution in [0.15, 0.2) is 71.2 Å². The van der Waals surface area contributed by atoms with E-state index in [0.29, 0.717) is 15.9 Å². The number of hydrogen-bond acceptors (Lipinski definition) is 5. The van der Waals surface area contributed by atoms with Crippen molar-refractivity contribution in [2.75, 3.05) is 11.9 Å². The molecule has 0 unspecified atom stereocenters. The Labute approximate surface area is 196 Å². The lowest BCUT2D eigenvalue weighted by Crippen LogP contribution is -2.11. The van der Waals surface area contributed by atoms with Gasteiger partial charge in [-0.2, -0.15) is 0 Å². The Hall–Kier alpha value is -3.36. The molecule has 0 radical (unpaired) electrons. The Morgan fingerprint density at radius 2 is 1.75 bits per heavy atom. The van der Waals surface area contributed by atoms with Gasteiger partial charge in [0, 0.05) is 12.2 Å². The minimum Gasteiger partial charge on any atom is -0.479 e. The lowest BCUT2D eigenvalue weighted by Gasteiger charge is -2.09. The van der Waals surface area contributed by atoms with Crippen LogP contribution in [0.1, 0.15) is 15.2 Å². The monoisotopic (exact) mass is 511 g/mol. The average Bonchev–Trinajstić information content (AvgIpc) is 3.13. The third-order valence-electron chi connectivity index (χ3n) is 4.78. The maximum Gasteiger partial charge on any atom is 0.349 e. The molecule has 162 valence electrons. The second kappa shape index (κ2) is 9.42. The predicted octanol–water partition coefficient (Wildman–Crippen LogP) is 6.10. The van der Waals surface area contributed by atoms with E-state index in [1.54, 1.807) is 0 Å². The zero-order valence-electron chi connectivity index (χ0n) is 16.7. The summed E-state index contributed by atoms with van der Waals surface area (Å²) in [5, 5.41) is 24.2. The Kier molecular flexibility index (Phi) is 6.43. The van der Waals surface area contributed by atoms with Crippen LogP contribution in [0.4, 0.5) is 5.69 Å². The number of halogens is 1. The van der Waals surface area contributed by atoms with Gasteiger partial charge in [-0.05, 0) is 56.0 Å². The van der Waals surface area contributed by atoms with E-state index in [-0.39, 0.29) is 10.6 Å². The van der Waals surface area contributed by atoms with Crippen LogP contribution >= 0.6 is 27.3 Å². The van der Waals surface area contributed by atoms with Crippen LogP contribution in [0, 0.1) is 0 Å². The molecule has 0 fully saturated rings. The number of thiophene rings is 1. The number of benzene rings is 3. The zero-order valence-corrected chi connectivity index (χ0v) is 19.1. The maximum absolute atomic E-state index is 11.6. The van der Waals surface area contributed by atoms with E-state index >= 15 is 0 Å². The van der Waals surface area contributed by atoms with E-state index in [1.807, 2.05) is 36.4 Å². The number of aromatic carboxylic acids is 1. The molecule has 8 heteroatoms. The first-order valence-corrected chi connectivity index (χ1v) is 11.3. The summed E-state index contributed by atoms with van der Waals surface area (Å²) in [5.74, 6) is -2.33. The third kappa shape index (κ3) is 4.76. The van der Waals surface area contributed by atoms with E-state index in [1.165, 1.54) is 10.8 Å². The number of fused-ring (bicyclic) bond motifs is 1. The van der Waals surface area contributed by atoms with Crippen LogP contribution in [0.3, 0.4) is 0 Å². The highest BCUT2D eigenvalue weighted by Gasteiger charge is 2.24. The van der Waals surface area contributed by atoms with E-state index in [2.05, 4.69) is 51.6 Å². The number of aliphatic carboxylic acids is 1. The summed E-state index contributed by atoms with van der Waals surface area (Å²) in [6, 6.07) is 22.1. The van der Waals surface area contributed by atoms with E-state index in [0.717, 1.165) is 28.2 Å². The second-order valence-corrected chi connectivity index (χ2v) is 8.82. The molecule has 0 saturated heterocycles. The number of carboxylic acid groups (broad SMARTS) is 2. The SMILES string of the molecule is O=C(O)COc1c(C(=O)O)sc(-c2cccc(NCc3ccc4ccccc4c3)c2)c1Br. The van der Waals surface area contributed by atoms with Gasteiger partial charge < -0.3 is 20.3 Å². The van der Waals surface area contributed by atoms with Crippen LogP contribution < -0.4 is 10.1 Å². The molecule has 0 aliphatic heterocycles. The molecule has 4 aromatic rings. The van der Waals surface area contributed by atoms with Crippen LogP contribution in [-0.4, -0.2) is 28.8 Å². The smallest absolute Gasteiger partial charge is 0.349 e.